The number of carbonyl (C=O) groups excluding carboxylic acids is 2. The van der Waals surface area contributed by atoms with Crippen LogP contribution in [0.3, 0.4) is 0 Å². The minimum Gasteiger partial charge on any atom is -0.333 e. The van der Waals surface area contributed by atoms with Crippen molar-refractivity contribution < 1.29 is 18.0 Å². The molecule has 29 heavy (non-hydrogen) atoms. The van der Waals surface area contributed by atoms with Gasteiger partial charge in [0.15, 0.2) is 0 Å². The van der Waals surface area contributed by atoms with Gasteiger partial charge >= 0.3 is 6.03 Å². The molecule has 1 atom stereocenters. The summed E-state index contributed by atoms with van der Waals surface area (Å²) in [4.78, 5) is 26.1. The van der Waals surface area contributed by atoms with E-state index >= 15 is 0 Å². The Morgan fingerprint density at radius 3 is 2.17 bits per heavy atom. The summed E-state index contributed by atoms with van der Waals surface area (Å²) in [5.41, 5.74) is -0.460. The third-order valence-electron chi connectivity index (χ3n) is 4.45. The largest absolute Gasteiger partial charge is 0.333 e. The van der Waals surface area contributed by atoms with Gasteiger partial charge in [-0.15, -0.1) is 0 Å². The molecule has 1 fully saturated rings. The zero-order valence-corrected chi connectivity index (χ0v) is 19.2. The van der Waals surface area contributed by atoms with Gasteiger partial charge in [-0.1, -0.05) is 23.2 Å². The minimum atomic E-state index is -3.71. The van der Waals surface area contributed by atoms with Crippen LogP contribution in [0.1, 0.15) is 27.7 Å². The van der Waals surface area contributed by atoms with Gasteiger partial charge in [-0.3, -0.25) is 15.0 Å². The predicted molar refractivity (Wildman–Crippen MR) is 113 cm³/mol. The molecule has 8 nitrogen and oxygen atoms in total. The summed E-state index contributed by atoms with van der Waals surface area (Å²) in [6.07, 6.45) is 0. The fraction of sp³-hybridized carbons (Fsp3) is 0.556. The molecule has 1 unspecified atom stereocenters. The summed E-state index contributed by atoms with van der Waals surface area (Å²) >= 11 is 11.8. The van der Waals surface area contributed by atoms with Crippen LogP contribution in [-0.4, -0.2) is 67.3 Å². The zero-order valence-electron chi connectivity index (χ0n) is 16.8. The van der Waals surface area contributed by atoms with Gasteiger partial charge in [0.1, 0.15) is 0 Å². The fourth-order valence-corrected chi connectivity index (χ4v) is 4.68. The van der Waals surface area contributed by atoms with Gasteiger partial charge in [0.2, 0.25) is 15.9 Å². The highest BCUT2D eigenvalue weighted by molar-refractivity contribution is 7.89. The highest BCUT2D eigenvalue weighted by Crippen LogP contribution is 2.27. The molecule has 162 valence electrons. The molecular weight excluding hydrogens is 439 g/mol. The van der Waals surface area contributed by atoms with Gasteiger partial charge in [-0.25, -0.2) is 13.2 Å². The van der Waals surface area contributed by atoms with E-state index < -0.39 is 33.5 Å². The van der Waals surface area contributed by atoms with E-state index in [-0.39, 0.29) is 28.0 Å². The van der Waals surface area contributed by atoms with Crippen LogP contribution in [-0.2, 0) is 14.8 Å². The molecule has 0 bridgehead atoms. The number of rotatable bonds is 4. The number of carbonyl (C=O) groups is 2. The number of nitrogens with one attached hydrogen (secondary N) is 2. The summed E-state index contributed by atoms with van der Waals surface area (Å²) in [7, 11) is -3.71. The monoisotopic (exact) mass is 464 g/mol. The second-order valence-electron chi connectivity index (χ2n) is 7.89. The molecule has 1 heterocycles. The molecule has 0 saturated carbocycles. The number of halogens is 2. The number of urea groups is 1. The molecule has 3 amide bonds. The summed E-state index contributed by atoms with van der Waals surface area (Å²) in [5.74, 6) is -0.437. The smallest absolute Gasteiger partial charge is 0.321 e. The molecule has 1 aromatic carbocycles. The first-order chi connectivity index (χ1) is 13.3. The molecule has 2 N–H and O–H groups in total. The van der Waals surface area contributed by atoms with E-state index in [1.165, 1.54) is 22.5 Å². The maximum atomic E-state index is 12.8. The summed E-state index contributed by atoms with van der Waals surface area (Å²) in [6, 6.07) is 3.06. The molecule has 2 rings (SSSR count). The molecule has 1 aliphatic heterocycles. The second kappa shape index (κ2) is 9.18. The van der Waals surface area contributed by atoms with Crippen LogP contribution in [0.2, 0.25) is 10.0 Å². The Labute approximate surface area is 181 Å². The Bertz CT molecular complexity index is 878. The molecule has 0 spiro atoms. The van der Waals surface area contributed by atoms with Crippen molar-refractivity contribution in [1.29, 1.82) is 0 Å². The van der Waals surface area contributed by atoms with Crippen LogP contribution < -0.4 is 10.6 Å². The van der Waals surface area contributed by atoms with E-state index in [9.17, 15) is 18.0 Å². The molecule has 11 heteroatoms. The van der Waals surface area contributed by atoms with Crippen molar-refractivity contribution in [3.05, 3.63) is 28.2 Å². The van der Waals surface area contributed by atoms with Gasteiger partial charge in [-0.05, 0) is 45.9 Å². The molecule has 1 aromatic rings. The number of amides is 3. The number of benzene rings is 1. The quantitative estimate of drug-likeness (QED) is 0.711. The fourth-order valence-electron chi connectivity index (χ4n) is 2.87. The van der Waals surface area contributed by atoms with Gasteiger partial charge < -0.3 is 5.32 Å². The second-order valence-corrected chi connectivity index (χ2v) is 10.6. The maximum absolute atomic E-state index is 12.8. The third-order valence-corrected chi connectivity index (χ3v) is 7.09. The van der Waals surface area contributed by atoms with Gasteiger partial charge in [-0.2, -0.15) is 4.31 Å². The van der Waals surface area contributed by atoms with Crippen molar-refractivity contribution >= 4 is 45.2 Å². The normalized spacial score (nSPS) is 17.6. The highest BCUT2D eigenvalue weighted by atomic mass is 35.5. The number of sulfonamides is 1. The van der Waals surface area contributed by atoms with Crippen molar-refractivity contribution in [3.8, 4) is 0 Å². The van der Waals surface area contributed by atoms with E-state index in [1.807, 2.05) is 25.7 Å². The first-order valence-electron chi connectivity index (χ1n) is 9.13. The zero-order chi connectivity index (χ0) is 22.0. The lowest BCUT2D eigenvalue weighted by Crippen LogP contribution is -2.57. The first kappa shape index (κ1) is 23.9. The van der Waals surface area contributed by atoms with Crippen molar-refractivity contribution in [3.63, 3.8) is 0 Å². The van der Waals surface area contributed by atoms with Crippen LogP contribution in [0.4, 0.5) is 4.79 Å². The van der Waals surface area contributed by atoms with Crippen molar-refractivity contribution in [1.82, 2.24) is 19.8 Å². The van der Waals surface area contributed by atoms with Crippen LogP contribution in [0.5, 0.6) is 0 Å². The van der Waals surface area contributed by atoms with Crippen LogP contribution in [0, 0.1) is 0 Å². The molecule has 1 saturated heterocycles. The Balaban J connectivity index is 1.96. The number of nitrogens with zero attached hydrogens (tertiary/aromatic N) is 2. The molecule has 1 aliphatic rings. The Morgan fingerprint density at radius 2 is 1.66 bits per heavy atom. The first-order valence-corrected chi connectivity index (χ1v) is 11.3. The Hall–Kier alpha value is -1.39. The number of imide groups is 1. The number of piperazine rings is 1. The number of hydrogen-bond acceptors (Lipinski definition) is 5. The van der Waals surface area contributed by atoms with E-state index in [2.05, 4.69) is 10.6 Å². The van der Waals surface area contributed by atoms with Crippen molar-refractivity contribution in [2.45, 2.75) is 44.2 Å². The average Bonchev–Trinajstić information content (AvgIpc) is 2.61. The van der Waals surface area contributed by atoms with E-state index in [4.69, 9.17) is 23.2 Å². The maximum Gasteiger partial charge on any atom is 0.321 e. The van der Waals surface area contributed by atoms with E-state index in [1.54, 1.807) is 6.92 Å². The summed E-state index contributed by atoms with van der Waals surface area (Å²) in [6.45, 7) is 8.27. The molecule has 0 aliphatic carbocycles. The molecule has 0 radical (unpaired) electrons. The highest BCUT2D eigenvalue weighted by Gasteiger charge is 2.32. The third kappa shape index (κ3) is 6.29. The van der Waals surface area contributed by atoms with Crippen LogP contribution in [0.15, 0.2) is 23.1 Å². The average molecular weight is 465 g/mol. The van der Waals surface area contributed by atoms with Gasteiger partial charge in [0.25, 0.3) is 0 Å². The van der Waals surface area contributed by atoms with Crippen LogP contribution >= 0.6 is 23.2 Å². The standard InChI is InChI=1S/C18H26Cl2N4O4S/c1-12(16(25)21-17(26)22-18(2,3)4)23-7-9-24(10-8-23)29(27,28)13-5-6-14(19)15(20)11-13/h5-6,11-12H,7-10H2,1-4H3,(H2,21,22,25,26). The van der Waals surface area contributed by atoms with Crippen LogP contribution in [0.25, 0.3) is 0 Å². The lowest BCUT2D eigenvalue weighted by Gasteiger charge is -2.36. The summed E-state index contributed by atoms with van der Waals surface area (Å²) in [5, 5.41) is 5.44. The number of hydrogen-bond donors (Lipinski definition) is 2. The molecular formula is C18H26Cl2N4O4S. The van der Waals surface area contributed by atoms with E-state index in [0.717, 1.165) is 0 Å². The van der Waals surface area contributed by atoms with E-state index in [0.29, 0.717) is 13.1 Å². The lowest BCUT2D eigenvalue weighted by molar-refractivity contribution is -0.125. The minimum absolute atomic E-state index is 0.0741. The van der Waals surface area contributed by atoms with Crippen molar-refractivity contribution in [2.75, 3.05) is 26.2 Å². The topological polar surface area (TPSA) is 98.8 Å². The Kier molecular flexibility index (Phi) is 7.56. The lowest BCUT2D eigenvalue weighted by atomic mass is 10.1. The van der Waals surface area contributed by atoms with Gasteiger partial charge in [0, 0.05) is 31.7 Å². The summed E-state index contributed by atoms with van der Waals surface area (Å²) < 4.78 is 27.0. The van der Waals surface area contributed by atoms with Crippen molar-refractivity contribution in [2.24, 2.45) is 0 Å². The predicted octanol–water partition coefficient (Wildman–Crippen LogP) is 2.31. The molecule has 0 aromatic heterocycles. The SMILES string of the molecule is CC(C(=O)NC(=O)NC(C)(C)C)N1CCN(S(=O)(=O)c2ccc(Cl)c(Cl)c2)CC1. The Morgan fingerprint density at radius 1 is 1.07 bits per heavy atom. The van der Waals surface area contributed by atoms with Gasteiger partial charge in [0.05, 0.1) is 21.0 Å².